The number of benzene rings is 1. The first-order chi connectivity index (χ1) is 13.5. The number of esters is 1. The summed E-state index contributed by atoms with van der Waals surface area (Å²) in [6, 6.07) is 9.03. The summed E-state index contributed by atoms with van der Waals surface area (Å²) in [5.74, 6) is 0.685. The number of hydrogen-bond acceptors (Lipinski definition) is 4. The Morgan fingerprint density at radius 3 is 2.71 bits per heavy atom. The highest BCUT2D eigenvalue weighted by molar-refractivity contribution is 5.81. The smallest absolute Gasteiger partial charge is 0.310 e. The highest BCUT2D eigenvalue weighted by Gasteiger charge is 2.28. The van der Waals surface area contributed by atoms with Crippen LogP contribution < -0.4 is 5.32 Å². The quantitative estimate of drug-likeness (QED) is 0.442. The van der Waals surface area contributed by atoms with Crippen LogP contribution in [0.3, 0.4) is 0 Å². The minimum atomic E-state index is -0.0929. The van der Waals surface area contributed by atoms with E-state index in [1.165, 1.54) is 11.1 Å². The first-order valence-corrected chi connectivity index (χ1v) is 10.4. The Labute approximate surface area is 170 Å². The number of carbonyl (C=O) groups excluding carboxylic acids is 1. The molecule has 2 rings (SSSR count). The SMILES string of the molecule is CCOC(=O)C1CCCN(C(=NC)NCc2ccccc2CN(C)C(C)C)C1. The van der Waals surface area contributed by atoms with Crippen molar-refractivity contribution in [3.8, 4) is 0 Å². The summed E-state index contributed by atoms with van der Waals surface area (Å²) in [6.07, 6.45) is 1.86. The van der Waals surface area contributed by atoms with E-state index >= 15 is 0 Å². The van der Waals surface area contributed by atoms with Gasteiger partial charge in [-0.1, -0.05) is 24.3 Å². The molecule has 1 aromatic carbocycles. The van der Waals surface area contributed by atoms with Crippen LogP contribution >= 0.6 is 0 Å². The van der Waals surface area contributed by atoms with Crippen molar-refractivity contribution in [2.45, 2.75) is 52.7 Å². The molecule has 1 atom stereocenters. The summed E-state index contributed by atoms with van der Waals surface area (Å²) in [7, 11) is 3.95. The van der Waals surface area contributed by atoms with E-state index in [0.717, 1.165) is 38.4 Å². The maximum absolute atomic E-state index is 12.1. The Hall–Kier alpha value is -2.08. The van der Waals surface area contributed by atoms with Gasteiger partial charge in [0.1, 0.15) is 0 Å². The van der Waals surface area contributed by atoms with Crippen LogP contribution in [-0.2, 0) is 22.6 Å². The van der Waals surface area contributed by atoms with Crippen molar-refractivity contribution in [1.82, 2.24) is 15.1 Å². The van der Waals surface area contributed by atoms with Crippen molar-refractivity contribution in [1.29, 1.82) is 0 Å². The van der Waals surface area contributed by atoms with Crippen LogP contribution in [0.15, 0.2) is 29.3 Å². The first-order valence-electron chi connectivity index (χ1n) is 10.4. The number of likely N-dealkylation sites (tertiary alicyclic amines) is 1. The van der Waals surface area contributed by atoms with Crippen LogP contribution in [0.2, 0.25) is 0 Å². The molecule has 6 nitrogen and oxygen atoms in total. The van der Waals surface area contributed by atoms with Crippen LogP contribution in [0.25, 0.3) is 0 Å². The van der Waals surface area contributed by atoms with E-state index in [4.69, 9.17) is 4.74 Å². The normalized spacial score (nSPS) is 17.9. The van der Waals surface area contributed by atoms with Crippen LogP contribution in [0.4, 0.5) is 0 Å². The monoisotopic (exact) mass is 388 g/mol. The molecule has 156 valence electrons. The molecule has 6 heteroatoms. The summed E-state index contributed by atoms with van der Waals surface area (Å²) < 4.78 is 5.21. The number of hydrogen-bond donors (Lipinski definition) is 1. The number of rotatable bonds is 7. The van der Waals surface area contributed by atoms with Gasteiger partial charge in [-0.25, -0.2) is 0 Å². The molecule has 1 heterocycles. The fourth-order valence-corrected chi connectivity index (χ4v) is 3.46. The summed E-state index contributed by atoms with van der Waals surface area (Å²) in [6.45, 7) is 9.91. The summed E-state index contributed by atoms with van der Waals surface area (Å²) in [4.78, 5) is 21.1. The second-order valence-electron chi connectivity index (χ2n) is 7.72. The van der Waals surface area contributed by atoms with Gasteiger partial charge in [0, 0.05) is 39.3 Å². The lowest BCUT2D eigenvalue weighted by atomic mass is 9.98. The van der Waals surface area contributed by atoms with Crippen molar-refractivity contribution in [2.75, 3.05) is 33.8 Å². The Morgan fingerprint density at radius 1 is 1.36 bits per heavy atom. The zero-order chi connectivity index (χ0) is 20.5. The van der Waals surface area contributed by atoms with E-state index in [1.807, 2.05) is 6.92 Å². The van der Waals surface area contributed by atoms with E-state index in [-0.39, 0.29) is 11.9 Å². The van der Waals surface area contributed by atoms with Gasteiger partial charge in [0.15, 0.2) is 5.96 Å². The van der Waals surface area contributed by atoms with Crippen molar-refractivity contribution in [3.05, 3.63) is 35.4 Å². The van der Waals surface area contributed by atoms with E-state index in [0.29, 0.717) is 19.2 Å². The van der Waals surface area contributed by atoms with Crippen LogP contribution in [0.5, 0.6) is 0 Å². The van der Waals surface area contributed by atoms with Crippen molar-refractivity contribution >= 4 is 11.9 Å². The highest BCUT2D eigenvalue weighted by atomic mass is 16.5. The minimum absolute atomic E-state index is 0.0702. The molecule has 0 saturated carbocycles. The van der Waals surface area contributed by atoms with Gasteiger partial charge in [0.05, 0.1) is 12.5 Å². The maximum atomic E-state index is 12.1. The topological polar surface area (TPSA) is 57.2 Å². The third-order valence-electron chi connectivity index (χ3n) is 5.41. The number of nitrogens with one attached hydrogen (secondary N) is 1. The number of guanidine groups is 1. The average Bonchev–Trinajstić information content (AvgIpc) is 2.70. The second kappa shape index (κ2) is 11.1. The number of nitrogens with zero attached hydrogens (tertiary/aromatic N) is 3. The van der Waals surface area contributed by atoms with Crippen molar-refractivity contribution < 1.29 is 9.53 Å². The molecular weight excluding hydrogens is 352 g/mol. The lowest BCUT2D eigenvalue weighted by Gasteiger charge is -2.34. The zero-order valence-electron chi connectivity index (χ0n) is 18.1. The molecule has 1 aliphatic heterocycles. The van der Waals surface area contributed by atoms with Crippen LogP contribution in [-0.4, -0.2) is 61.6 Å². The number of piperidine rings is 1. The molecule has 0 radical (unpaired) electrons. The second-order valence-corrected chi connectivity index (χ2v) is 7.72. The van der Waals surface area contributed by atoms with E-state index in [9.17, 15) is 4.79 Å². The Morgan fingerprint density at radius 2 is 2.07 bits per heavy atom. The maximum Gasteiger partial charge on any atom is 0.310 e. The Balaban J connectivity index is 2.00. The Bertz CT molecular complexity index is 660. The van der Waals surface area contributed by atoms with Gasteiger partial charge < -0.3 is 15.0 Å². The van der Waals surface area contributed by atoms with Crippen molar-refractivity contribution in [2.24, 2.45) is 10.9 Å². The van der Waals surface area contributed by atoms with E-state index in [2.05, 4.69) is 65.3 Å². The minimum Gasteiger partial charge on any atom is -0.466 e. The molecule has 28 heavy (non-hydrogen) atoms. The lowest BCUT2D eigenvalue weighted by Crippen LogP contribution is -2.48. The zero-order valence-corrected chi connectivity index (χ0v) is 18.1. The predicted octanol–water partition coefficient (Wildman–Crippen LogP) is 2.88. The molecule has 0 aromatic heterocycles. The van der Waals surface area contributed by atoms with Crippen LogP contribution in [0, 0.1) is 5.92 Å². The van der Waals surface area contributed by atoms with Gasteiger partial charge in [-0.3, -0.25) is 14.7 Å². The molecule has 0 spiro atoms. The number of ether oxygens (including phenoxy) is 1. The summed E-state index contributed by atoms with van der Waals surface area (Å²) in [5, 5.41) is 3.50. The summed E-state index contributed by atoms with van der Waals surface area (Å²) in [5.41, 5.74) is 2.60. The molecule has 0 aliphatic carbocycles. The summed E-state index contributed by atoms with van der Waals surface area (Å²) >= 11 is 0. The van der Waals surface area contributed by atoms with E-state index in [1.54, 1.807) is 7.05 Å². The third kappa shape index (κ3) is 6.23. The standard InChI is InChI=1S/C22H36N4O2/c1-6-28-21(27)20-12-9-13-26(16-20)22(23-4)24-14-18-10-7-8-11-19(18)15-25(5)17(2)3/h7-8,10-11,17,20H,6,9,12-16H2,1-5H3,(H,23,24). The lowest BCUT2D eigenvalue weighted by molar-refractivity contribution is -0.149. The van der Waals surface area contributed by atoms with Gasteiger partial charge >= 0.3 is 5.97 Å². The molecule has 1 aromatic rings. The molecule has 0 bridgehead atoms. The van der Waals surface area contributed by atoms with Crippen molar-refractivity contribution in [3.63, 3.8) is 0 Å². The number of carbonyl (C=O) groups is 1. The molecule has 0 amide bonds. The highest BCUT2D eigenvalue weighted by Crippen LogP contribution is 2.18. The molecule has 1 fully saturated rings. The fourth-order valence-electron chi connectivity index (χ4n) is 3.46. The molecule has 1 aliphatic rings. The largest absolute Gasteiger partial charge is 0.466 e. The van der Waals surface area contributed by atoms with E-state index < -0.39 is 0 Å². The molecular formula is C22H36N4O2. The fraction of sp³-hybridized carbons (Fsp3) is 0.636. The first kappa shape index (κ1) is 22.2. The third-order valence-corrected chi connectivity index (χ3v) is 5.41. The molecule has 1 saturated heterocycles. The van der Waals surface area contributed by atoms with Gasteiger partial charge in [0.25, 0.3) is 0 Å². The van der Waals surface area contributed by atoms with Gasteiger partial charge in [-0.15, -0.1) is 0 Å². The number of aliphatic imine (C=N–C) groups is 1. The van der Waals surface area contributed by atoms with Crippen LogP contribution in [0.1, 0.15) is 44.7 Å². The van der Waals surface area contributed by atoms with Gasteiger partial charge in [0.2, 0.25) is 0 Å². The van der Waals surface area contributed by atoms with Gasteiger partial charge in [-0.2, -0.15) is 0 Å². The molecule has 1 unspecified atom stereocenters. The predicted molar refractivity (Wildman–Crippen MR) is 114 cm³/mol. The Kier molecular flexibility index (Phi) is 8.77. The average molecular weight is 389 g/mol. The van der Waals surface area contributed by atoms with Gasteiger partial charge in [-0.05, 0) is 51.8 Å². The molecule has 1 N–H and O–H groups in total.